The number of aryl methyl sites for hydroxylation is 1. The number of aromatic carboxylic acids is 1. The molecule has 0 aromatic heterocycles. The summed E-state index contributed by atoms with van der Waals surface area (Å²) in [6, 6.07) is 14.8. The Labute approximate surface area is 165 Å². The molecule has 2 aromatic rings. The van der Waals surface area contributed by atoms with Crippen molar-refractivity contribution < 1.29 is 19.4 Å². The molecule has 6 nitrogen and oxygen atoms in total. The van der Waals surface area contributed by atoms with E-state index in [2.05, 4.69) is 4.90 Å². The molecular formula is C22H26N2O4. The molecule has 2 aromatic carbocycles. The van der Waals surface area contributed by atoms with Crippen LogP contribution in [0.15, 0.2) is 48.5 Å². The molecule has 148 valence electrons. The molecule has 0 bridgehead atoms. The molecule has 3 rings (SSSR count). The number of carbonyl (C=O) groups is 2. The normalized spacial score (nSPS) is 14.7. The van der Waals surface area contributed by atoms with Crippen molar-refractivity contribution in [3.63, 3.8) is 0 Å². The molecular weight excluding hydrogens is 356 g/mol. The second kappa shape index (κ2) is 9.37. The summed E-state index contributed by atoms with van der Waals surface area (Å²) in [5, 5.41) is 8.96. The lowest BCUT2D eigenvalue weighted by atomic mass is 10.1. The highest BCUT2D eigenvalue weighted by atomic mass is 16.5. The largest absolute Gasteiger partial charge is 0.497 e. The summed E-state index contributed by atoms with van der Waals surface area (Å²) in [6.07, 6.45) is 1.25. The first-order chi connectivity index (χ1) is 13.5. The van der Waals surface area contributed by atoms with Crippen LogP contribution in [0.4, 0.5) is 0 Å². The maximum absolute atomic E-state index is 12.5. The zero-order valence-corrected chi connectivity index (χ0v) is 16.1. The maximum atomic E-state index is 12.5. The first-order valence-electron chi connectivity index (χ1n) is 9.50. The number of hydrogen-bond acceptors (Lipinski definition) is 4. The smallest absolute Gasteiger partial charge is 0.335 e. The molecule has 1 fully saturated rings. The SMILES string of the molecule is COc1ccc(CCC(=O)N2CCN(Cc3ccc(C(=O)O)cc3)CC2)cc1. The minimum Gasteiger partial charge on any atom is -0.497 e. The third-order valence-electron chi connectivity index (χ3n) is 5.12. The van der Waals surface area contributed by atoms with E-state index in [0.717, 1.165) is 56.0 Å². The van der Waals surface area contributed by atoms with Crippen LogP contribution in [-0.4, -0.2) is 60.1 Å². The Balaban J connectivity index is 1.42. The fourth-order valence-corrected chi connectivity index (χ4v) is 3.37. The number of piperazine rings is 1. The fourth-order valence-electron chi connectivity index (χ4n) is 3.37. The molecule has 1 heterocycles. The molecule has 1 amide bonds. The lowest BCUT2D eigenvalue weighted by Gasteiger charge is -2.34. The van der Waals surface area contributed by atoms with Crippen molar-refractivity contribution in [3.05, 3.63) is 65.2 Å². The summed E-state index contributed by atoms with van der Waals surface area (Å²) in [5.41, 5.74) is 2.53. The average Bonchev–Trinajstić information content (AvgIpc) is 2.73. The number of ether oxygens (including phenoxy) is 1. The number of nitrogens with zero attached hydrogens (tertiary/aromatic N) is 2. The van der Waals surface area contributed by atoms with E-state index in [4.69, 9.17) is 9.84 Å². The predicted octanol–water partition coefficient (Wildman–Crippen LogP) is 2.67. The van der Waals surface area contributed by atoms with Crippen LogP contribution in [0.25, 0.3) is 0 Å². The Morgan fingerprint density at radius 1 is 0.929 bits per heavy atom. The maximum Gasteiger partial charge on any atom is 0.335 e. The molecule has 0 aliphatic carbocycles. The van der Waals surface area contributed by atoms with Gasteiger partial charge in [0.1, 0.15) is 5.75 Å². The Morgan fingerprint density at radius 2 is 1.54 bits per heavy atom. The number of carboxylic acids is 1. The van der Waals surface area contributed by atoms with Gasteiger partial charge in [0.15, 0.2) is 0 Å². The number of carbonyl (C=O) groups excluding carboxylic acids is 1. The van der Waals surface area contributed by atoms with Gasteiger partial charge in [-0.15, -0.1) is 0 Å². The second-order valence-corrected chi connectivity index (χ2v) is 7.01. The summed E-state index contributed by atoms with van der Waals surface area (Å²) in [6.45, 7) is 3.89. The van der Waals surface area contributed by atoms with Gasteiger partial charge in [-0.2, -0.15) is 0 Å². The van der Waals surface area contributed by atoms with Crippen molar-refractivity contribution in [2.24, 2.45) is 0 Å². The molecule has 0 radical (unpaired) electrons. The van der Waals surface area contributed by atoms with Gasteiger partial charge in [0, 0.05) is 39.1 Å². The van der Waals surface area contributed by atoms with Gasteiger partial charge in [0.05, 0.1) is 12.7 Å². The predicted molar refractivity (Wildman–Crippen MR) is 107 cm³/mol. The molecule has 0 atom stereocenters. The minimum absolute atomic E-state index is 0.196. The highest BCUT2D eigenvalue weighted by Crippen LogP contribution is 2.14. The van der Waals surface area contributed by atoms with Crippen LogP contribution in [0.3, 0.4) is 0 Å². The summed E-state index contributed by atoms with van der Waals surface area (Å²) in [5.74, 6) is 0.110. The van der Waals surface area contributed by atoms with Gasteiger partial charge in [0.2, 0.25) is 5.91 Å². The monoisotopic (exact) mass is 382 g/mol. The summed E-state index contributed by atoms with van der Waals surface area (Å²) < 4.78 is 5.15. The zero-order chi connectivity index (χ0) is 19.9. The molecule has 1 N–H and O–H groups in total. The van der Waals surface area contributed by atoms with Crippen LogP contribution in [0.1, 0.15) is 27.9 Å². The van der Waals surface area contributed by atoms with E-state index in [1.165, 1.54) is 0 Å². The Bertz CT molecular complexity index is 794. The molecule has 0 saturated carbocycles. The topological polar surface area (TPSA) is 70.1 Å². The van der Waals surface area contributed by atoms with E-state index in [1.54, 1.807) is 19.2 Å². The lowest BCUT2D eigenvalue weighted by Crippen LogP contribution is -2.48. The summed E-state index contributed by atoms with van der Waals surface area (Å²) in [7, 11) is 1.64. The number of hydrogen-bond donors (Lipinski definition) is 1. The van der Waals surface area contributed by atoms with Crippen molar-refractivity contribution in [2.75, 3.05) is 33.3 Å². The Morgan fingerprint density at radius 3 is 2.11 bits per heavy atom. The van der Waals surface area contributed by atoms with Crippen LogP contribution in [0.5, 0.6) is 5.75 Å². The fraction of sp³-hybridized carbons (Fsp3) is 0.364. The van der Waals surface area contributed by atoms with Crippen LogP contribution >= 0.6 is 0 Å². The second-order valence-electron chi connectivity index (χ2n) is 7.01. The van der Waals surface area contributed by atoms with E-state index in [-0.39, 0.29) is 5.91 Å². The van der Waals surface area contributed by atoms with Crippen molar-refractivity contribution in [1.29, 1.82) is 0 Å². The zero-order valence-electron chi connectivity index (χ0n) is 16.1. The van der Waals surface area contributed by atoms with Crippen molar-refractivity contribution in [1.82, 2.24) is 9.80 Å². The molecule has 28 heavy (non-hydrogen) atoms. The van der Waals surface area contributed by atoms with Crippen LogP contribution in [0, 0.1) is 0 Å². The van der Waals surface area contributed by atoms with Crippen molar-refractivity contribution in [2.45, 2.75) is 19.4 Å². The molecule has 1 aliphatic heterocycles. The number of amides is 1. The third kappa shape index (κ3) is 5.33. The van der Waals surface area contributed by atoms with E-state index in [9.17, 15) is 9.59 Å². The standard InChI is InChI=1S/C22H26N2O4/c1-28-20-9-4-17(5-10-20)6-11-21(25)24-14-12-23(13-15-24)16-18-2-7-19(8-3-18)22(26)27/h2-5,7-10H,6,11-16H2,1H3,(H,26,27). The van der Waals surface area contributed by atoms with Crippen molar-refractivity contribution >= 4 is 11.9 Å². The van der Waals surface area contributed by atoms with E-state index >= 15 is 0 Å². The minimum atomic E-state index is -0.909. The van der Waals surface area contributed by atoms with Gasteiger partial charge in [0.25, 0.3) is 0 Å². The summed E-state index contributed by atoms with van der Waals surface area (Å²) >= 11 is 0. The number of rotatable bonds is 7. The number of benzene rings is 2. The summed E-state index contributed by atoms with van der Waals surface area (Å²) in [4.78, 5) is 27.6. The van der Waals surface area contributed by atoms with Crippen molar-refractivity contribution in [3.8, 4) is 5.75 Å². The lowest BCUT2D eigenvalue weighted by molar-refractivity contribution is -0.133. The van der Waals surface area contributed by atoms with Crippen LogP contribution in [0.2, 0.25) is 0 Å². The van der Waals surface area contributed by atoms with Gasteiger partial charge in [-0.1, -0.05) is 24.3 Å². The van der Waals surface area contributed by atoms with Gasteiger partial charge < -0.3 is 14.7 Å². The molecule has 1 aliphatic rings. The molecule has 0 unspecified atom stereocenters. The van der Waals surface area contributed by atoms with Crippen LogP contribution < -0.4 is 4.74 Å². The quantitative estimate of drug-likeness (QED) is 0.797. The van der Waals surface area contributed by atoms with Gasteiger partial charge in [-0.05, 0) is 41.8 Å². The third-order valence-corrected chi connectivity index (χ3v) is 5.12. The first kappa shape index (κ1) is 19.9. The van der Waals surface area contributed by atoms with E-state index < -0.39 is 5.97 Å². The van der Waals surface area contributed by atoms with Crippen LogP contribution in [-0.2, 0) is 17.8 Å². The number of methoxy groups -OCH3 is 1. The van der Waals surface area contributed by atoms with Gasteiger partial charge in [-0.25, -0.2) is 4.79 Å². The molecule has 1 saturated heterocycles. The molecule has 6 heteroatoms. The Kier molecular flexibility index (Phi) is 6.66. The molecule has 0 spiro atoms. The van der Waals surface area contributed by atoms with E-state index in [1.807, 2.05) is 41.3 Å². The first-order valence-corrected chi connectivity index (χ1v) is 9.50. The average molecular weight is 382 g/mol. The van der Waals surface area contributed by atoms with E-state index in [0.29, 0.717) is 12.0 Å². The number of carboxylic acid groups (broad SMARTS) is 1. The Hall–Kier alpha value is -2.86. The highest BCUT2D eigenvalue weighted by Gasteiger charge is 2.21. The van der Waals surface area contributed by atoms with Gasteiger partial charge in [-0.3, -0.25) is 9.69 Å². The van der Waals surface area contributed by atoms with Gasteiger partial charge >= 0.3 is 5.97 Å². The highest BCUT2D eigenvalue weighted by molar-refractivity contribution is 5.87.